The normalized spacial score (nSPS) is 10.5. The molecule has 0 atom stereocenters. The minimum Gasteiger partial charge on any atom is -0.385 e. The lowest BCUT2D eigenvalue weighted by Gasteiger charge is -2.10. The van der Waals surface area contributed by atoms with Gasteiger partial charge in [-0.3, -0.25) is 9.78 Å². The molecule has 0 bridgehead atoms. The lowest BCUT2D eigenvalue weighted by atomic mass is 10.2. The molecular formula is C15H14N4OS. The van der Waals surface area contributed by atoms with Gasteiger partial charge in [0.2, 0.25) is 0 Å². The highest BCUT2D eigenvalue weighted by Crippen LogP contribution is 2.23. The van der Waals surface area contributed by atoms with E-state index in [4.69, 9.17) is 0 Å². The average Bonchev–Trinajstić information content (AvgIpc) is 2.95. The molecular weight excluding hydrogens is 284 g/mol. The van der Waals surface area contributed by atoms with Crippen molar-refractivity contribution in [3.63, 3.8) is 0 Å². The molecule has 21 heavy (non-hydrogen) atoms. The van der Waals surface area contributed by atoms with Gasteiger partial charge in [-0.15, -0.1) is 11.3 Å². The zero-order chi connectivity index (χ0) is 14.7. The summed E-state index contributed by atoms with van der Waals surface area (Å²) >= 11 is 1.55. The second-order valence-corrected chi connectivity index (χ2v) is 5.33. The highest BCUT2D eigenvalue weighted by atomic mass is 32.1. The summed E-state index contributed by atoms with van der Waals surface area (Å²) in [6, 6.07) is 7.47. The molecule has 0 aliphatic rings. The third-order valence-corrected chi connectivity index (χ3v) is 3.81. The third kappa shape index (κ3) is 2.85. The van der Waals surface area contributed by atoms with Crippen LogP contribution in [0.15, 0.2) is 42.2 Å². The van der Waals surface area contributed by atoms with Gasteiger partial charge in [-0.1, -0.05) is 0 Å². The Morgan fingerprint density at radius 3 is 3.10 bits per heavy atom. The van der Waals surface area contributed by atoms with E-state index in [0.717, 1.165) is 28.1 Å². The lowest BCUT2D eigenvalue weighted by Crippen LogP contribution is -2.15. The zero-order valence-electron chi connectivity index (χ0n) is 11.5. The first-order chi connectivity index (χ1) is 10.3. The highest BCUT2D eigenvalue weighted by Gasteiger charge is 2.11. The maximum Gasteiger partial charge on any atom is 0.259 e. The molecule has 1 amide bonds. The Balaban J connectivity index is 1.85. The molecule has 0 unspecified atom stereocenters. The molecule has 6 heteroatoms. The Bertz CT molecular complexity index is 784. The summed E-state index contributed by atoms with van der Waals surface area (Å²) in [6.07, 6.45) is 3.23. The average molecular weight is 298 g/mol. The van der Waals surface area contributed by atoms with Gasteiger partial charge in [-0.25, -0.2) is 4.98 Å². The number of aromatic nitrogens is 2. The van der Waals surface area contributed by atoms with Gasteiger partial charge >= 0.3 is 0 Å². The molecule has 3 rings (SSSR count). The Labute approximate surface area is 126 Å². The van der Waals surface area contributed by atoms with Crippen molar-refractivity contribution in [2.45, 2.75) is 6.92 Å². The van der Waals surface area contributed by atoms with Gasteiger partial charge in [0.1, 0.15) is 0 Å². The minimum absolute atomic E-state index is 0.178. The summed E-state index contributed by atoms with van der Waals surface area (Å²) in [7, 11) is 0. The Hall–Kier alpha value is -2.47. The van der Waals surface area contributed by atoms with Crippen molar-refractivity contribution >= 4 is 38.8 Å². The van der Waals surface area contributed by atoms with Crippen molar-refractivity contribution in [2.24, 2.45) is 0 Å². The molecule has 3 aromatic rings. The first-order valence-electron chi connectivity index (χ1n) is 6.60. The van der Waals surface area contributed by atoms with Crippen LogP contribution in [0.25, 0.3) is 10.2 Å². The van der Waals surface area contributed by atoms with Crippen LogP contribution in [-0.4, -0.2) is 22.4 Å². The molecule has 2 heterocycles. The zero-order valence-corrected chi connectivity index (χ0v) is 12.3. The summed E-state index contributed by atoms with van der Waals surface area (Å²) in [6.45, 7) is 2.73. The fourth-order valence-corrected chi connectivity index (χ4v) is 2.77. The predicted octanol–water partition coefficient (Wildman–Crippen LogP) is 3.38. The number of hydrogen-bond donors (Lipinski definition) is 2. The number of nitrogens with one attached hydrogen (secondary N) is 2. The summed E-state index contributed by atoms with van der Waals surface area (Å²) in [4.78, 5) is 20.6. The number of benzene rings is 1. The van der Waals surface area contributed by atoms with Gasteiger partial charge in [0.25, 0.3) is 5.91 Å². The van der Waals surface area contributed by atoms with E-state index in [1.165, 1.54) is 0 Å². The van der Waals surface area contributed by atoms with Crippen molar-refractivity contribution in [3.8, 4) is 0 Å². The fourth-order valence-electron chi connectivity index (χ4n) is 2.05. The molecule has 1 aromatic carbocycles. The lowest BCUT2D eigenvalue weighted by molar-refractivity contribution is 0.102. The van der Waals surface area contributed by atoms with Crippen LogP contribution in [0.4, 0.5) is 11.4 Å². The van der Waals surface area contributed by atoms with Crippen molar-refractivity contribution < 1.29 is 4.79 Å². The molecule has 0 radical (unpaired) electrons. The number of carbonyl (C=O) groups excluding carboxylic acids is 1. The summed E-state index contributed by atoms with van der Waals surface area (Å²) in [5.74, 6) is -0.178. The number of nitrogens with zero attached hydrogens (tertiary/aromatic N) is 2. The van der Waals surface area contributed by atoms with Gasteiger partial charge < -0.3 is 10.6 Å². The van der Waals surface area contributed by atoms with Crippen LogP contribution in [0.2, 0.25) is 0 Å². The number of amides is 1. The summed E-state index contributed by atoms with van der Waals surface area (Å²) < 4.78 is 1.05. The Kier molecular flexibility index (Phi) is 3.79. The first kappa shape index (κ1) is 13.5. The topological polar surface area (TPSA) is 66.9 Å². The van der Waals surface area contributed by atoms with Crippen molar-refractivity contribution in [1.82, 2.24) is 9.97 Å². The van der Waals surface area contributed by atoms with Crippen LogP contribution in [0.5, 0.6) is 0 Å². The molecule has 2 N–H and O–H groups in total. The Morgan fingerprint density at radius 2 is 2.24 bits per heavy atom. The number of carbonyl (C=O) groups is 1. The van der Waals surface area contributed by atoms with Gasteiger partial charge in [0.15, 0.2) is 0 Å². The van der Waals surface area contributed by atoms with Crippen molar-refractivity contribution in [2.75, 3.05) is 17.2 Å². The second-order valence-electron chi connectivity index (χ2n) is 4.44. The SMILES string of the molecule is CCNc1ccncc1C(=O)Nc1ccc2ncsc2c1. The van der Waals surface area contributed by atoms with Crippen LogP contribution < -0.4 is 10.6 Å². The van der Waals surface area contributed by atoms with Crippen LogP contribution >= 0.6 is 11.3 Å². The molecule has 0 aliphatic heterocycles. The molecule has 0 spiro atoms. The second kappa shape index (κ2) is 5.88. The van der Waals surface area contributed by atoms with E-state index < -0.39 is 0 Å². The molecule has 106 valence electrons. The monoisotopic (exact) mass is 298 g/mol. The highest BCUT2D eigenvalue weighted by molar-refractivity contribution is 7.16. The maximum atomic E-state index is 12.4. The molecule has 0 saturated carbocycles. The van der Waals surface area contributed by atoms with E-state index in [1.54, 1.807) is 35.3 Å². The molecule has 0 saturated heterocycles. The van der Waals surface area contributed by atoms with E-state index in [-0.39, 0.29) is 5.91 Å². The van der Waals surface area contributed by atoms with Crippen LogP contribution in [0.3, 0.4) is 0 Å². The fraction of sp³-hybridized carbons (Fsp3) is 0.133. The van der Waals surface area contributed by atoms with Gasteiger partial charge in [0.05, 0.1) is 27.0 Å². The quantitative estimate of drug-likeness (QED) is 0.775. The largest absolute Gasteiger partial charge is 0.385 e. The van der Waals surface area contributed by atoms with E-state index in [9.17, 15) is 4.79 Å². The Morgan fingerprint density at radius 1 is 1.33 bits per heavy atom. The minimum atomic E-state index is -0.178. The molecule has 5 nitrogen and oxygen atoms in total. The maximum absolute atomic E-state index is 12.4. The number of fused-ring (bicyclic) bond motifs is 1. The van der Waals surface area contributed by atoms with E-state index >= 15 is 0 Å². The molecule has 0 fully saturated rings. The number of hydrogen-bond acceptors (Lipinski definition) is 5. The number of anilines is 2. The number of thiazole rings is 1. The van der Waals surface area contributed by atoms with Gasteiger partial charge in [0, 0.05) is 24.6 Å². The number of pyridine rings is 1. The first-order valence-corrected chi connectivity index (χ1v) is 7.48. The van der Waals surface area contributed by atoms with E-state index in [0.29, 0.717) is 5.56 Å². The van der Waals surface area contributed by atoms with Crippen LogP contribution in [0.1, 0.15) is 17.3 Å². The van der Waals surface area contributed by atoms with Crippen molar-refractivity contribution in [3.05, 3.63) is 47.7 Å². The standard InChI is InChI=1S/C15H14N4OS/c1-2-17-12-5-6-16-8-11(12)15(20)19-10-3-4-13-14(7-10)21-9-18-13/h3-9H,2H2,1H3,(H,16,17)(H,19,20). The predicted molar refractivity (Wildman–Crippen MR) is 86.0 cm³/mol. The summed E-state index contributed by atoms with van der Waals surface area (Å²) in [5.41, 5.74) is 4.80. The van der Waals surface area contributed by atoms with E-state index in [2.05, 4.69) is 20.6 Å². The number of rotatable bonds is 4. The molecule has 2 aromatic heterocycles. The smallest absolute Gasteiger partial charge is 0.259 e. The van der Waals surface area contributed by atoms with Crippen molar-refractivity contribution in [1.29, 1.82) is 0 Å². The van der Waals surface area contributed by atoms with Gasteiger partial charge in [-0.05, 0) is 31.2 Å². The summed E-state index contributed by atoms with van der Waals surface area (Å²) in [5, 5.41) is 6.06. The third-order valence-electron chi connectivity index (χ3n) is 3.02. The van der Waals surface area contributed by atoms with Crippen LogP contribution in [-0.2, 0) is 0 Å². The van der Waals surface area contributed by atoms with Gasteiger partial charge in [-0.2, -0.15) is 0 Å². The van der Waals surface area contributed by atoms with E-state index in [1.807, 2.05) is 25.1 Å². The molecule has 0 aliphatic carbocycles. The van der Waals surface area contributed by atoms with Crippen LogP contribution in [0, 0.1) is 0 Å².